The number of benzene rings is 1. The van der Waals surface area contributed by atoms with Crippen molar-refractivity contribution in [2.45, 2.75) is 25.8 Å². The van der Waals surface area contributed by atoms with Crippen LogP contribution in [0.1, 0.15) is 24.1 Å². The topological polar surface area (TPSA) is 57.7 Å². The minimum absolute atomic E-state index is 0.351. The second-order valence-electron chi connectivity index (χ2n) is 7.02. The van der Waals surface area contributed by atoms with Crippen molar-refractivity contribution in [3.05, 3.63) is 65.9 Å². The number of aromatic amines is 1. The Labute approximate surface area is 156 Å². The van der Waals surface area contributed by atoms with Crippen LogP contribution in [0.25, 0.3) is 11.5 Å². The first kappa shape index (κ1) is 17.7. The highest BCUT2D eigenvalue weighted by molar-refractivity contribution is 5.46. The maximum atomic E-state index is 13.9. The first-order chi connectivity index (χ1) is 13.2. The summed E-state index contributed by atoms with van der Waals surface area (Å²) in [4.78, 5) is 18.4. The normalized spacial score (nSPS) is 17.9. The molecule has 0 radical (unpaired) electrons. The minimum Gasteiger partial charge on any atom is -0.343 e. The molecule has 1 saturated heterocycles. The number of nitrogens with one attached hydrogen (secondary N) is 1. The summed E-state index contributed by atoms with van der Waals surface area (Å²) in [6, 6.07) is 3.64. The molecule has 0 amide bonds. The summed E-state index contributed by atoms with van der Waals surface area (Å²) in [5.74, 6) is 0.369. The maximum absolute atomic E-state index is 13.9. The van der Waals surface area contributed by atoms with Crippen LogP contribution in [0.2, 0.25) is 0 Å². The Kier molecular flexibility index (Phi) is 5.20. The highest BCUT2D eigenvalue weighted by Crippen LogP contribution is 2.23. The van der Waals surface area contributed by atoms with E-state index >= 15 is 0 Å². The first-order valence-corrected chi connectivity index (χ1v) is 9.14. The number of nitrogens with zero attached hydrogens (tertiary/aromatic N) is 4. The fraction of sp³-hybridized carbons (Fsp3) is 0.350. The number of aromatic nitrogens is 4. The van der Waals surface area contributed by atoms with Gasteiger partial charge in [-0.25, -0.2) is 18.7 Å². The molecule has 5 nitrogen and oxygen atoms in total. The van der Waals surface area contributed by atoms with Gasteiger partial charge in [0.05, 0.1) is 11.9 Å². The zero-order chi connectivity index (χ0) is 18.6. The van der Waals surface area contributed by atoms with Gasteiger partial charge in [-0.1, -0.05) is 0 Å². The first-order valence-electron chi connectivity index (χ1n) is 9.14. The van der Waals surface area contributed by atoms with Crippen LogP contribution in [-0.4, -0.2) is 37.9 Å². The van der Waals surface area contributed by atoms with Crippen LogP contribution in [-0.2, 0) is 13.0 Å². The van der Waals surface area contributed by atoms with Crippen LogP contribution in [0.4, 0.5) is 8.78 Å². The molecule has 1 aliphatic heterocycles. The smallest absolute Gasteiger partial charge is 0.157 e. The van der Waals surface area contributed by atoms with Gasteiger partial charge in [0, 0.05) is 37.2 Å². The van der Waals surface area contributed by atoms with Gasteiger partial charge >= 0.3 is 0 Å². The third kappa shape index (κ3) is 4.36. The van der Waals surface area contributed by atoms with E-state index in [4.69, 9.17) is 0 Å². The van der Waals surface area contributed by atoms with Crippen molar-refractivity contribution >= 4 is 0 Å². The van der Waals surface area contributed by atoms with Gasteiger partial charge in [-0.05, 0) is 49.9 Å². The highest BCUT2D eigenvalue weighted by Gasteiger charge is 2.22. The third-order valence-corrected chi connectivity index (χ3v) is 4.93. The number of piperidine rings is 1. The highest BCUT2D eigenvalue weighted by atomic mass is 19.1. The number of H-pyrrole nitrogens is 1. The van der Waals surface area contributed by atoms with Crippen LogP contribution >= 0.6 is 0 Å². The Hall–Kier alpha value is -2.67. The Bertz CT molecular complexity index is 897. The zero-order valence-electron chi connectivity index (χ0n) is 14.9. The van der Waals surface area contributed by atoms with Crippen molar-refractivity contribution in [3.63, 3.8) is 0 Å². The molecule has 3 aromatic rings. The maximum Gasteiger partial charge on any atom is 0.157 e. The Morgan fingerprint density at radius 2 is 2.15 bits per heavy atom. The van der Waals surface area contributed by atoms with Crippen LogP contribution in [0.5, 0.6) is 0 Å². The molecule has 3 heterocycles. The lowest BCUT2D eigenvalue weighted by Gasteiger charge is -2.32. The number of hydrogen-bond donors (Lipinski definition) is 1. The van der Waals surface area contributed by atoms with E-state index in [9.17, 15) is 8.78 Å². The van der Waals surface area contributed by atoms with Crippen LogP contribution in [0, 0.1) is 17.6 Å². The fourth-order valence-electron chi connectivity index (χ4n) is 3.69. The SMILES string of the molecule is Fc1ccc(F)c(CN2CCC[C@@H](Cc3cncc(-c4ncc[nH]4)n3)C2)c1. The number of rotatable bonds is 5. The van der Waals surface area contributed by atoms with E-state index in [-0.39, 0.29) is 5.82 Å². The lowest BCUT2D eigenvalue weighted by Crippen LogP contribution is -2.36. The van der Waals surface area contributed by atoms with Crippen LogP contribution in [0.15, 0.2) is 43.0 Å². The summed E-state index contributed by atoms with van der Waals surface area (Å²) in [5.41, 5.74) is 2.06. The summed E-state index contributed by atoms with van der Waals surface area (Å²) in [7, 11) is 0. The van der Waals surface area contributed by atoms with Gasteiger partial charge in [0.25, 0.3) is 0 Å². The summed E-state index contributed by atoms with van der Waals surface area (Å²) in [6.07, 6.45) is 9.87. The predicted molar refractivity (Wildman–Crippen MR) is 97.7 cm³/mol. The zero-order valence-corrected chi connectivity index (χ0v) is 14.9. The van der Waals surface area contributed by atoms with E-state index in [0.717, 1.165) is 49.8 Å². The average Bonchev–Trinajstić information content (AvgIpc) is 3.20. The standard InChI is InChI=1S/C20H21F2N5/c21-16-3-4-18(22)15(9-16)13-27-7-1-2-14(12-27)8-17-10-23-11-19(26-17)20-24-5-6-25-20/h3-6,9-11,14H,1-2,7-8,12-13H2,(H,24,25)/t14-/m0/s1. The summed E-state index contributed by atoms with van der Waals surface area (Å²) < 4.78 is 27.3. The monoisotopic (exact) mass is 369 g/mol. The lowest BCUT2D eigenvalue weighted by atomic mass is 9.93. The Balaban J connectivity index is 1.41. The summed E-state index contributed by atoms with van der Waals surface area (Å²) in [6.45, 7) is 2.16. The van der Waals surface area contributed by atoms with E-state index in [1.807, 2.05) is 0 Å². The van der Waals surface area contributed by atoms with Gasteiger partial charge in [0.15, 0.2) is 5.82 Å². The van der Waals surface area contributed by atoms with E-state index < -0.39 is 5.82 Å². The summed E-state index contributed by atoms with van der Waals surface area (Å²) in [5, 5.41) is 0. The van der Waals surface area contributed by atoms with Gasteiger partial charge in [0.2, 0.25) is 0 Å². The minimum atomic E-state index is -0.398. The average molecular weight is 369 g/mol. The van der Waals surface area contributed by atoms with Gasteiger partial charge in [0.1, 0.15) is 17.3 Å². The Morgan fingerprint density at radius 3 is 3.00 bits per heavy atom. The molecule has 1 N–H and O–H groups in total. The predicted octanol–water partition coefficient (Wildman–Crippen LogP) is 3.60. The lowest BCUT2D eigenvalue weighted by molar-refractivity contribution is 0.164. The molecular formula is C20H21F2N5. The van der Waals surface area contributed by atoms with E-state index in [2.05, 4.69) is 24.8 Å². The molecule has 2 aromatic heterocycles. The van der Waals surface area contributed by atoms with Gasteiger partial charge in [-0.3, -0.25) is 9.88 Å². The van der Waals surface area contributed by atoms with Gasteiger partial charge in [-0.2, -0.15) is 0 Å². The molecule has 4 rings (SSSR count). The van der Waals surface area contributed by atoms with Crippen LogP contribution in [0.3, 0.4) is 0 Å². The molecule has 27 heavy (non-hydrogen) atoms. The molecule has 0 bridgehead atoms. The van der Waals surface area contributed by atoms with Crippen LogP contribution < -0.4 is 0 Å². The number of imidazole rings is 1. The summed E-state index contributed by atoms with van der Waals surface area (Å²) >= 11 is 0. The molecular weight excluding hydrogens is 348 g/mol. The van der Waals surface area contributed by atoms with Crippen molar-refractivity contribution in [1.82, 2.24) is 24.8 Å². The molecule has 0 spiro atoms. The molecule has 0 unspecified atom stereocenters. The molecule has 0 aliphatic carbocycles. The number of hydrogen-bond acceptors (Lipinski definition) is 4. The quantitative estimate of drug-likeness (QED) is 0.747. The van der Waals surface area contributed by atoms with Gasteiger partial charge in [-0.15, -0.1) is 0 Å². The van der Waals surface area contributed by atoms with Gasteiger partial charge < -0.3 is 4.98 Å². The van der Waals surface area contributed by atoms with Crippen molar-refractivity contribution < 1.29 is 8.78 Å². The number of halogens is 2. The number of likely N-dealkylation sites (tertiary alicyclic amines) is 1. The fourth-order valence-corrected chi connectivity index (χ4v) is 3.69. The van der Waals surface area contributed by atoms with Crippen molar-refractivity contribution in [2.24, 2.45) is 5.92 Å². The Morgan fingerprint density at radius 1 is 1.22 bits per heavy atom. The molecule has 1 atom stereocenters. The van der Waals surface area contributed by atoms with Crippen molar-refractivity contribution in [3.8, 4) is 11.5 Å². The van der Waals surface area contributed by atoms with E-state index in [1.165, 1.54) is 12.1 Å². The van der Waals surface area contributed by atoms with E-state index in [0.29, 0.717) is 23.9 Å². The van der Waals surface area contributed by atoms with Crippen molar-refractivity contribution in [2.75, 3.05) is 13.1 Å². The second kappa shape index (κ2) is 7.92. The van der Waals surface area contributed by atoms with Crippen molar-refractivity contribution in [1.29, 1.82) is 0 Å². The molecule has 140 valence electrons. The largest absolute Gasteiger partial charge is 0.343 e. The molecule has 1 fully saturated rings. The molecule has 0 saturated carbocycles. The molecule has 1 aliphatic rings. The molecule has 1 aromatic carbocycles. The second-order valence-corrected chi connectivity index (χ2v) is 7.02. The molecule has 7 heteroatoms. The third-order valence-electron chi connectivity index (χ3n) is 4.93. The van der Waals surface area contributed by atoms with E-state index in [1.54, 1.807) is 24.8 Å².